The van der Waals surface area contributed by atoms with Crippen molar-refractivity contribution in [1.29, 1.82) is 0 Å². The molecule has 0 N–H and O–H groups in total. The van der Waals surface area contributed by atoms with Crippen molar-refractivity contribution in [1.82, 2.24) is 14.5 Å². The van der Waals surface area contributed by atoms with E-state index in [2.05, 4.69) is 14.5 Å². The highest BCUT2D eigenvalue weighted by Crippen LogP contribution is 2.24. The molecule has 3 nitrogen and oxygen atoms in total. The van der Waals surface area contributed by atoms with Gasteiger partial charge in [-0.2, -0.15) is 11.8 Å². The van der Waals surface area contributed by atoms with E-state index in [0.717, 1.165) is 37.5 Å². The molecule has 0 bridgehead atoms. The van der Waals surface area contributed by atoms with E-state index < -0.39 is 5.82 Å². The fourth-order valence-corrected chi connectivity index (χ4v) is 3.93. The molecule has 0 atom stereocenters. The average molecular weight is 348 g/mol. The highest BCUT2D eigenvalue weighted by Gasteiger charge is 2.15. The van der Waals surface area contributed by atoms with Gasteiger partial charge in [0.2, 0.25) is 0 Å². The normalized spacial score (nSPS) is 16.7. The maximum absolute atomic E-state index is 13.5. The summed E-state index contributed by atoms with van der Waals surface area (Å²) in [6.45, 7) is 3.97. The molecule has 1 fully saturated rings. The lowest BCUT2D eigenvalue weighted by molar-refractivity contribution is 0.290. The maximum Gasteiger partial charge on any atom is 0.144 e. The maximum atomic E-state index is 13.5. The van der Waals surface area contributed by atoms with Crippen LogP contribution in [0.5, 0.6) is 0 Å². The molecule has 1 aliphatic heterocycles. The molecule has 21 heavy (non-hydrogen) atoms. The molecule has 1 aromatic carbocycles. The van der Waals surface area contributed by atoms with E-state index in [1.54, 1.807) is 6.07 Å². The van der Waals surface area contributed by atoms with Crippen molar-refractivity contribution in [3.05, 3.63) is 28.8 Å². The molecule has 1 saturated heterocycles. The highest BCUT2D eigenvalue weighted by molar-refractivity contribution is 7.99. The van der Waals surface area contributed by atoms with Gasteiger partial charge in [-0.3, -0.25) is 4.90 Å². The first kappa shape index (κ1) is 15.4. The summed E-state index contributed by atoms with van der Waals surface area (Å²) >= 11 is 13.9. The average Bonchev–Trinajstić information content (AvgIpc) is 2.83. The monoisotopic (exact) mass is 347 g/mol. The number of thioether (sulfide) groups is 1. The van der Waals surface area contributed by atoms with Crippen molar-refractivity contribution >= 4 is 46.0 Å². The van der Waals surface area contributed by atoms with E-state index in [0.29, 0.717) is 11.4 Å². The molecular weight excluding hydrogens is 332 g/mol. The van der Waals surface area contributed by atoms with Gasteiger partial charge in [-0.1, -0.05) is 11.6 Å². The Morgan fingerprint density at radius 1 is 1.24 bits per heavy atom. The zero-order valence-corrected chi connectivity index (χ0v) is 13.8. The van der Waals surface area contributed by atoms with Crippen molar-refractivity contribution in [2.75, 3.05) is 31.1 Å². The van der Waals surface area contributed by atoms with E-state index in [4.69, 9.17) is 23.2 Å². The van der Waals surface area contributed by atoms with Crippen molar-refractivity contribution in [2.24, 2.45) is 0 Å². The summed E-state index contributed by atoms with van der Waals surface area (Å²) in [7, 11) is 0. The van der Waals surface area contributed by atoms with Crippen LogP contribution in [0, 0.1) is 5.82 Å². The van der Waals surface area contributed by atoms with Crippen LogP contribution in [-0.2, 0) is 12.4 Å². The van der Waals surface area contributed by atoms with Crippen molar-refractivity contribution in [2.45, 2.75) is 12.4 Å². The second kappa shape index (κ2) is 6.73. The Morgan fingerprint density at radius 3 is 2.71 bits per heavy atom. The first-order valence-corrected chi connectivity index (χ1v) is 8.96. The largest absolute Gasteiger partial charge is 0.326 e. The predicted molar refractivity (Wildman–Crippen MR) is 88.0 cm³/mol. The molecule has 3 rings (SSSR count). The number of rotatable bonds is 4. The Balaban J connectivity index is 1.86. The van der Waals surface area contributed by atoms with E-state index >= 15 is 0 Å². The van der Waals surface area contributed by atoms with Gasteiger partial charge in [-0.15, -0.1) is 11.6 Å². The number of hydrogen-bond acceptors (Lipinski definition) is 3. The lowest BCUT2D eigenvalue weighted by atomic mass is 10.3. The van der Waals surface area contributed by atoms with Crippen LogP contribution in [0.3, 0.4) is 0 Å². The number of alkyl halides is 1. The summed E-state index contributed by atoms with van der Waals surface area (Å²) in [5.41, 5.74) is 1.46. The van der Waals surface area contributed by atoms with Gasteiger partial charge < -0.3 is 4.57 Å². The number of aromatic nitrogens is 2. The minimum absolute atomic E-state index is 0.124. The number of halogens is 3. The van der Waals surface area contributed by atoms with Crippen LogP contribution in [0.2, 0.25) is 5.02 Å². The van der Waals surface area contributed by atoms with E-state index in [1.807, 2.05) is 11.8 Å². The lowest BCUT2D eigenvalue weighted by Crippen LogP contribution is -2.35. The quantitative estimate of drug-likeness (QED) is 0.788. The standard InChI is InChI=1S/C14H16Cl2FN3S/c15-9-14-18-12-8-11(17)10(16)7-13(12)20(14)2-1-19-3-5-21-6-4-19/h7-8H,1-6,9H2. The van der Waals surface area contributed by atoms with Crippen molar-refractivity contribution in [3.8, 4) is 0 Å². The zero-order chi connectivity index (χ0) is 14.8. The van der Waals surface area contributed by atoms with Gasteiger partial charge in [-0.25, -0.2) is 9.37 Å². The van der Waals surface area contributed by atoms with Gasteiger partial charge in [-0.05, 0) is 6.07 Å². The third-order valence-electron chi connectivity index (χ3n) is 3.73. The summed E-state index contributed by atoms with van der Waals surface area (Å²) in [5, 5.41) is 0.124. The van der Waals surface area contributed by atoms with Crippen LogP contribution in [0.15, 0.2) is 12.1 Å². The SMILES string of the molecule is Fc1cc2nc(CCl)n(CCN3CCSCC3)c2cc1Cl. The molecule has 0 unspecified atom stereocenters. The fraction of sp³-hybridized carbons (Fsp3) is 0.500. The van der Waals surface area contributed by atoms with Crippen molar-refractivity contribution < 1.29 is 4.39 Å². The Morgan fingerprint density at radius 2 is 2.00 bits per heavy atom. The summed E-state index contributed by atoms with van der Waals surface area (Å²) < 4.78 is 15.6. The smallest absolute Gasteiger partial charge is 0.144 e. The minimum atomic E-state index is -0.442. The third-order valence-corrected chi connectivity index (χ3v) is 5.20. The van der Waals surface area contributed by atoms with Crippen molar-refractivity contribution in [3.63, 3.8) is 0 Å². The third kappa shape index (κ3) is 3.31. The number of imidazole rings is 1. The van der Waals surface area contributed by atoms with Crippen LogP contribution in [0.25, 0.3) is 11.0 Å². The number of benzene rings is 1. The Bertz CT molecular complexity index is 641. The second-order valence-corrected chi connectivity index (χ2v) is 6.92. The first-order chi connectivity index (χ1) is 10.2. The van der Waals surface area contributed by atoms with Crippen LogP contribution < -0.4 is 0 Å². The molecular formula is C14H16Cl2FN3S. The number of nitrogens with zero attached hydrogens (tertiary/aromatic N) is 3. The number of fused-ring (bicyclic) bond motifs is 1. The van der Waals surface area contributed by atoms with Crippen LogP contribution in [0.4, 0.5) is 4.39 Å². The van der Waals surface area contributed by atoms with Crippen LogP contribution in [-0.4, -0.2) is 45.6 Å². The molecule has 2 aromatic rings. The molecule has 1 aliphatic rings. The van der Waals surface area contributed by atoms with Gasteiger partial charge in [0.15, 0.2) is 0 Å². The zero-order valence-electron chi connectivity index (χ0n) is 11.5. The molecule has 114 valence electrons. The highest BCUT2D eigenvalue weighted by atomic mass is 35.5. The fourth-order valence-electron chi connectivity index (χ4n) is 2.59. The van der Waals surface area contributed by atoms with E-state index in [9.17, 15) is 4.39 Å². The summed E-state index contributed by atoms with van der Waals surface area (Å²) in [5.74, 6) is 3.00. The van der Waals surface area contributed by atoms with Gasteiger partial charge in [0.05, 0.1) is 21.9 Å². The molecule has 0 aliphatic carbocycles. The van der Waals surface area contributed by atoms with Crippen LogP contribution in [0.1, 0.15) is 5.82 Å². The Labute approximate surface area is 137 Å². The Kier molecular flexibility index (Phi) is 4.94. The molecule has 7 heteroatoms. The predicted octanol–water partition coefficient (Wildman–Crippen LogP) is 3.62. The molecule has 1 aromatic heterocycles. The summed E-state index contributed by atoms with van der Waals surface area (Å²) in [4.78, 5) is 6.84. The second-order valence-electron chi connectivity index (χ2n) is 5.02. The topological polar surface area (TPSA) is 21.1 Å². The molecule has 0 spiro atoms. The molecule has 0 radical (unpaired) electrons. The molecule has 0 saturated carbocycles. The summed E-state index contributed by atoms with van der Waals surface area (Å²) in [6.07, 6.45) is 0. The van der Waals surface area contributed by atoms with E-state index in [-0.39, 0.29) is 5.02 Å². The van der Waals surface area contributed by atoms with Gasteiger partial charge >= 0.3 is 0 Å². The number of hydrogen-bond donors (Lipinski definition) is 0. The Hall–Kier alpha value is -0.490. The van der Waals surface area contributed by atoms with Gasteiger partial charge in [0, 0.05) is 43.8 Å². The molecule has 2 heterocycles. The minimum Gasteiger partial charge on any atom is -0.326 e. The van der Waals surface area contributed by atoms with Gasteiger partial charge in [0.25, 0.3) is 0 Å². The molecule has 0 amide bonds. The lowest BCUT2D eigenvalue weighted by Gasteiger charge is -2.26. The summed E-state index contributed by atoms with van der Waals surface area (Å²) in [6, 6.07) is 3.02. The first-order valence-electron chi connectivity index (χ1n) is 6.89. The van der Waals surface area contributed by atoms with E-state index in [1.165, 1.54) is 17.6 Å². The van der Waals surface area contributed by atoms with Gasteiger partial charge in [0.1, 0.15) is 11.6 Å². The van der Waals surface area contributed by atoms with Crippen LogP contribution >= 0.6 is 35.0 Å².